The van der Waals surface area contributed by atoms with Gasteiger partial charge in [0.05, 0.1) is 22.1 Å². The van der Waals surface area contributed by atoms with Crippen LogP contribution in [-0.4, -0.2) is 35.7 Å². The van der Waals surface area contributed by atoms with Gasteiger partial charge in [0.25, 0.3) is 0 Å². The molecule has 115 heavy (non-hydrogen) atoms. The van der Waals surface area contributed by atoms with Crippen molar-refractivity contribution < 1.29 is 0 Å². The zero-order valence-electron chi connectivity index (χ0n) is 63.4. The Morgan fingerprint density at radius 2 is 0.470 bits per heavy atom. The molecule has 20 rings (SSSR count). The molecule has 2 heterocycles. The number of nitrogens with one attached hydrogen (secondary N) is 1. The quantitative estimate of drug-likeness (QED) is 0.0919. The minimum atomic E-state index is -3.32. The Labute approximate surface area is 686 Å². The summed E-state index contributed by atoms with van der Waals surface area (Å²) in [6.07, 6.45) is 0. The third kappa shape index (κ3) is 14.7. The fraction of sp³-hybridized carbons (Fsp3) is 0. The van der Waals surface area contributed by atoms with E-state index in [1.54, 1.807) is 0 Å². The van der Waals surface area contributed by atoms with Crippen LogP contribution in [0.25, 0.3) is 77.2 Å². The van der Waals surface area contributed by atoms with Gasteiger partial charge in [0, 0.05) is 38.9 Å². The summed E-state index contributed by atoms with van der Waals surface area (Å²) in [4.78, 5) is 2.36. The number of aromatic nitrogens is 2. The molecule has 0 aliphatic carbocycles. The number of fused-ring (bicyclic) bond motifs is 6. The van der Waals surface area contributed by atoms with Gasteiger partial charge in [-0.3, -0.25) is 0 Å². The van der Waals surface area contributed by atoms with E-state index >= 15 is 0 Å². The second-order valence-electron chi connectivity index (χ2n) is 28.9. The Hall–Kier alpha value is -13.3. The van der Waals surface area contributed by atoms with Gasteiger partial charge in [-0.2, -0.15) is 0 Å². The fourth-order valence-corrected chi connectivity index (χ4v) is 37.1. The van der Waals surface area contributed by atoms with E-state index in [2.05, 4.69) is 502 Å². The summed E-state index contributed by atoms with van der Waals surface area (Å²) in [6.45, 7) is 0. The first-order chi connectivity index (χ1) is 57.0. The first-order valence-corrected chi connectivity index (χ1v) is 48.4. The van der Waals surface area contributed by atoms with Crippen molar-refractivity contribution in [3.05, 3.63) is 490 Å². The molecule has 7 heteroatoms. The van der Waals surface area contributed by atoms with E-state index in [4.69, 9.17) is 0 Å². The van der Waals surface area contributed by atoms with Gasteiger partial charge < -0.3 is 14.5 Å². The Balaban J connectivity index is 0.000000133. The van der Waals surface area contributed by atoms with Crippen LogP contribution in [0.3, 0.4) is 0 Å². The molecule has 1 N–H and O–H groups in total. The van der Waals surface area contributed by atoms with Crippen LogP contribution in [0, 0.1) is 0 Å². The predicted octanol–water partition coefficient (Wildman–Crippen LogP) is 23.3. The Morgan fingerprint density at radius 3 is 0.852 bits per heavy atom. The summed E-state index contributed by atoms with van der Waals surface area (Å²) in [5.41, 5.74) is 17.6. The molecule has 4 nitrogen and oxygen atoms in total. The summed E-state index contributed by atoms with van der Waals surface area (Å²) in [7, 11) is 0. The smallest absolute Gasteiger partial charge is 0.356 e. The second kappa shape index (κ2) is 33.6. The summed E-state index contributed by atoms with van der Waals surface area (Å²) >= 11 is -2.94. The second-order valence-corrected chi connectivity index (χ2v) is 45.8. The number of benzene rings is 18. The summed E-state index contributed by atoms with van der Waals surface area (Å²) in [5, 5.41) is 8.49. The molecule has 0 aliphatic rings. The van der Waals surface area contributed by atoms with Gasteiger partial charge in [-0.05, 0) is 66.7 Å². The van der Waals surface area contributed by atoms with Crippen molar-refractivity contribution in [2.45, 2.75) is 0 Å². The van der Waals surface area contributed by atoms with Gasteiger partial charge in [0.1, 0.15) is 0 Å². The molecule has 0 radical (unpaired) electrons. The Kier molecular flexibility index (Phi) is 21.4. The summed E-state index contributed by atoms with van der Waals surface area (Å²) in [6, 6.07) is 176. The first-order valence-electron chi connectivity index (χ1n) is 39.2. The van der Waals surface area contributed by atoms with Crippen molar-refractivity contribution in [3.8, 4) is 33.6 Å². The Morgan fingerprint density at radius 1 is 0.200 bits per heavy atom. The molecule has 0 fully saturated rings. The number of halogens is 1. The van der Waals surface area contributed by atoms with Gasteiger partial charge >= 0.3 is 453 Å². The maximum atomic E-state index is 3.54. The summed E-state index contributed by atoms with van der Waals surface area (Å²) < 4.78 is 17.3. The van der Waals surface area contributed by atoms with Crippen LogP contribution in [0.15, 0.2) is 490 Å². The minimum absolute atomic E-state index is 1.10. The molecule has 18 aromatic carbocycles. The van der Waals surface area contributed by atoms with E-state index in [1.807, 2.05) is 18.2 Å². The van der Waals surface area contributed by atoms with Crippen molar-refractivity contribution in [1.82, 2.24) is 9.13 Å². The SMILES string of the molecule is Brc1ccc(-c2cc[c]([Ge]([c]3ccccc3)([c]3ccccc3)[c]3ccccc3)cc2)cc1.c1ccc(N(c2ccc(-c3cc[c]([Ge]([c]4ccccc4)([c]4ccccc4)[c]4ccccc4)cc3)cc2)c2ccc3c(c2)c2ccccc2n3-c2ccccc2)cc1.c1ccc(Nc2ccc3c(c2)c2ccccc2n3-c2ccccc2)cc1. The molecule has 0 amide bonds. The normalized spacial score (nSPS) is 11.3. The molecule has 20 aromatic rings. The number of hydrogen-bond acceptors (Lipinski definition) is 2. The third-order valence-electron chi connectivity index (χ3n) is 22.2. The van der Waals surface area contributed by atoms with Crippen molar-refractivity contribution in [3.63, 3.8) is 0 Å². The fourth-order valence-electron chi connectivity index (χ4n) is 17.0. The van der Waals surface area contributed by atoms with Crippen LogP contribution >= 0.6 is 15.9 Å². The molecule has 0 aliphatic heterocycles. The predicted molar refractivity (Wildman–Crippen MR) is 498 cm³/mol. The number of para-hydroxylation sites is 6. The standard InChI is InChI=1S/C54H40GeN2.C30H23BrGe.C24H18N2/c1-6-18-43(19-7-1)55(44-20-8-2-9-21-44,45-22-10-3-11-23-45)46-34-30-41(31-35-46)42-32-36-49(37-33-42)56(47-24-12-4-13-25-47)50-38-39-54-52(40-50)51-28-16-17-29-53(51)57(54)48-26-14-5-15-27-48;31-26-20-16-24(17-21-26)25-18-22-30(23-19-25)32(27-10-4-1-5-11-27,28-12-6-2-7-13-28)29-14-8-3-9-15-29;1-3-9-18(10-4-1)25-19-15-16-24-22(17-19)21-13-7-8-14-23(21)26(24)20-11-5-2-6-12-20/h1-40H;1-23H;1-17,25H. The van der Waals surface area contributed by atoms with Gasteiger partial charge in [0.15, 0.2) is 0 Å². The van der Waals surface area contributed by atoms with Crippen LogP contribution in [0.4, 0.5) is 28.4 Å². The average Bonchev–Trinajstić information content (AvgIpc) is 1.69. The van der Waals surface area contributed by atoms with E-state index in [-0.39, 0.29) is 0 Å². The van der Waals surface area contributed by atoms with Gasteiger partial charge in [-0.15, -0.1) is 0 Å². The van der Waals surface area contributed by atoms with Crippen LogP contribution in [0.1, 0.15) is 0 Å². The van der Waals surface area contributed by atoms with Crippen LogP contribution in [0.2, 0.25) is 0 Å². The Bertz CT molecular complexity index is 6410. The first kappa shape index (κ1) is 73.2. The minimum Gasteiger partial charge on any atom is -0.356 e. The van der Waals surface area contributed by atoms with Crippen molar-refractivity contribution in [2.24, 2.45) is 0 Å². The molecule has 0 bridgehead atoms. The van der Waals surface area contributed by atoms with Crippen LogP contribution in [-0.2, 0) is 0 Å². The topological polar surface area (TPSA) is 25.1 Å². The molecule has 0 spiro atoms. The molecule has 0 unspecified atom stereocenters. The van der Waals surface area contributed by atoms with E-state index in [9.17, 15) is 0 Å². The molecule has 548 valence electrons. The van der Waals surface area contributed by atoms with E-state index in [0.29, 0.717) is 0 Å². The summed E-state index contributed by atoms with van der Waals surface area (Å²) in [5.74, 6) is 0. The number of rotatable bonds is 17. The van der Waals surface area contributed by atoms with E-state index < -0.39 is 26.5 Å². The van der Waals surface area contributed by atoms with Crippen LogP contribution < -0.4 is 45.4 Å². The average molecular weight is 1660 g/mol. The van der Waals surface area contributed by atoms with Gasteiger partial charge in [0.2, 0.25) is 0 Å². The monoisotopic (exact) mass is 1660 g/mol. The van der Waals surface area contributed by atoms with Crippen molar-refractivity contribution in [1.29, 1.82) is 0 Å². The van der Waals surface area contributed by atoms with Crippen molar-refractivity contribution >= 4 is 150 Å². The maximum absolute atomic E-state index is 3.54. The van der Waals surface area contributed by atoms with Gasteiger partial charge in [-0.25, -0.2) is 0 Å². The van der Waals surface area contributed by atoms with Crippen molar-refractivity contribution in [2.75, 3.05) is 10.2 Å². The van der Waals surface area contributed by atoms with E-state index in [0.717, 1.165) is 38.6 Å². The third-order valence-corrected chi connectivity index (χ3v) is 42.9. The van der Waals surface area contributed by atoms with Crippen LogP contribution in [0.5, 0.6) is 0 Å². The molecule has 0 saturated carbocycles. The zero-order valence-corrected chi connectivity index (χ0v) is 69.2. The number of anilines is 5. The van der Waals surface area contributed by atoms with Gasteiger partial charge in [-0.1, -0.05) is 97.1 Å². The molecule has 0 saturated heterocycles. The molecule has 0 atom stereocenters. The van der Waals surface area contributed by atoms with E-state index in [1.165, 1.54) is 107 Å². The number of hydrogen-bond donors (Lipinski definition) is 1. The molecular weight excluding hydrogens is 1580 g/mol. The number of nitrogens with zero attached hydrogens (tertiary/aromatic N) is 3. The molecular formula is C108H81BrGe2N4. The zero-order chi connectivity index (χ0) is 77.2. The molecule has 2 aromatic heterocycles.